The van der Waals surface area contributed by atoms with Gasteiger partial charge in [0, 0.05) is 6.42 Å². The number of hydrogen-bond donors (Lipinski definition) is 3. The van der Waals surface area contributed by atoms with Crippen molar-refractivity contribution in [2.24, 2.45) is 0 Å². The molecule has 0 aliphatic carbocycles. The fourth-order valence-electron chi connectivity index (χ4n) is 10.5. The van der Waals surface area contributed by atoms with Gasteiger partial charge in [-0.15, -0.1) is 0 Å². The Morgan fingerprint density at radius 3 is 0.877 bits per heavy atom. The molecular formula is C69H131NO3. The number of aliphatic hydroxyl groups is 2. The Labute approximate surface area is 458 Å². The van der Waals surface area contributed by atoms with Crippen LogP contribution in [0.2, 0.25) is 0 Å². The Balaban J connectivity index is 3.40. The van der Waals surface area contributed by atoms with Crippen LogP contribution in [0.1, 0.15) is 367 Å². The van der Waals surface area contributed by atoms with Gasteiger partial charge in [0.25, 0.3) is 0 Å². The number of nitrogens with one attached hydrogen (secondary N) is 1. The van der Waals surface area contributed by atoms with E-state index in [2.05, 4.69) is 55.6 Å². The number of aliphatic hydroxyl groups excluding tert-OH is 2. The average Bonchev–Trinajstić information content (AvgIpc) is 3.40. The molecule has 4 heteroatoms. The molecule has 73 heavy (non-hydrogen) atoms. The first-order valence-corrected chi connectivity index (χ1v) is 33.4. The summed E-state index contributed by atoms with van der Waals surface area (Å²) in [5.41, 5.74) is 0. The number of carbonyl (C=O) groups is 1. The monoisotopic (exact) mass is 1020 g/mol. The Kier molecular flexibility index (Phi) is 63.2. The van der Waals surface area contributed by atoms with Gasteiger partial charge in [0.1, 0.15) is 0 Å². The highest BCUT2D eigenvalue weighted by Gasteiger charge is 2.18. The molecule has 2 atom stereocenters. The van der Waals surface area contributed by atoms with E-state index in [-0.39, 0.29) is 12.5 Å². The van der Waals surface area contributed by atoms with Crippen molar-refractivity contribution < 1.29 is 15.0 Å². The molecule has 4 nitrogen and oxygen atoms in total. The van der Waals surface area contributed by atoms with Gasteiger partial charge in [-0.1, -0.05) is 345 Å². The zero-order chi connectivity index (χ0) is 52.7. The third-order valence-corrected chi connectivity index (χ3v) is 15.5. The van der Waals surface area contributed by atoms with Crippen LogP contribution in [0.4, 0.5) is 0 Å². The Bertz CT molecular complexity index is 1160. The molecule has 0 fully saturated rings. The van der Waals surface area contributed by atoms with E-state index in [1.54, 1.807) is 6.08 Å². The molecule has 0 rings (SSSR count). The molecule has 0 aromatic heterocycles. The molecule has 2 unspecified atom stereocenters. The summed E-state index contributed by atoms with van der Waals surface area (Å²) in [6, 6.07) is -0.638. The third-order valence-electron chi connectivity index (χ3n) is 15.5. The summed E-state index contributed by atoms with van der Waals surface area (Å²) in [7, 11) is 0. The summed E-state index contributed by atoms with van der Waals surface area (Å²) in [4.78, 5) is 12.5. The summed E-state index contributed by atoms with van der Waals surface area (Å²) < 4.78 is 0. The van der Waals surface area contributed by atoms with Gasteiger partial charge < -0.3 is 15.5 Å². The predicted octanol–water partition coefficient (Wildman–Crippen LogP) is 22.5. The Hall–Kier alpha value is -1.65. The zero-order valence-corrected chi connectivity index (χ0v) is 49.7. The van der Waals surface area contributed by atoms with E-state index in [0.717, 1.165) is 38.5 Å². The molecule has 0 aromatic carbocycles. The average molecular weight is 1020 g/mol. The van der Waals surface area contributed by atoms with Crippen LogP contribution in [-0.4, -0.2) is 34.9 Å². The Morgan fingerprint density at radius 1 is 0.329 bits per heavy atom. The minimum absolute atomic E-state index is 0.0667. The highest BCUT2D eigenvalue weighted by Crippen LogP contribution is 2.18. The van der Waals surface area contributed by atoms with Gasteiger partial charge in [0.15, 0.2) is 0 Å². The standard InChI is InChI=1S/C69H131NO3/c1-3-5-7-9-11-13-15-17-19-21-23-25-26-27-28-29-30-31-32-33-34-35-36-37-38-39-40-41-42-43-44-45-47-49-51-53-55-57-59-61-63-65-69(73)70-67(66-71)68(72)64-62-60-58-56-54-52-50-48-46-24-22-20-18-16-14-12-10-8-6-4-2/h15,17,21,23,54,56,62,64,67-68,71-72H,3-14,16,18-20,22,24-53,55,57-61,63,65-66H2,1-2H3,(H,70,73)/b17-15-,23-21-,56-54+,64-62+. The molecule has 0 aliphatic rings. The van der Waals surface area contributed by atoms with Crippen LogP contribution >= 0.6 is 0 Å². The fraction of sp³-hybridized carbons (Fsp3) is 0.870. The van der Waals surface area contributed by atoms with Gasteiger partial charge >= 0.3 is 0 Å². The highest BCUT2D eigenvalue weighted by atomic mass is 16.3. The molecule has 0 bridgehead atoms. The first-order valence-electron chi connectivity index (χ1n) is 33.4. The molecule has 0 spiro atoms. The van der Waals surface area contributed by atoms with Crippen molar-refractivity contribution in [2.75, 3.05) is 6.61 Å². The number of unbranched alkanes of at least 4 members (excludes halogenated alkanes) is 49. The van der Waals surface area contributed by atoms with E-state index in [1.807, 2.05) is 6.08 Å². The van der Waals surface area contributed by atoms with Crippen LogP contribution < -0.4 is 5.32 Å². The summed E-state index contributed by atoms with van der Waals surface area (Å²) in [6.07, 6.45) is 90.5. The maximum absolute atomic E-state index is 12.5. The molecule has 0 saturated heterocycles. The summed E-state index contributed by atoms with van der Waals surface area (Å²) in [5.74, 6) is -0.0667. The van der Waals surface area contributed by atoms with Gasteiger partial charge in [0.2, 0.25) is 5.91 Å². The molecule has 0 aromatic rings. The lowest BCUT2D eigenvalue weighted by molar-refractivity contribution is -0.123. The normalized spacial score (nSPS) is 13.0. The van der Waals surface area contributed by atoms with Gasteiger partial charge in [0.05, 0.1) is 18.8 Å². The molecule has 0 aliphatic heterocycles. The smallest absolute Gasteiger partial charge is 0.220 e. The van der Waals surface area contributed by atoms with E-state index in [1.165, 1.54) is 308 Å². The summed E-state index contributed by atoms with van der Waals surface area (Å²) in [5, 5.41) is 23.2. The van der Waals surface area contributed by atoms with E-state index in [9.17, 15) is 15.0 Å². The first kappa shape index (κ1) is 71.3. The lowest BCUT2D eigenvalue weighted by Gasteiger charge is -2.19. The van der Waals surface area contributed by atoms with Gasteiger partial charge in [-0.2, -0.15) is 0 Å². The van der Waals surface area contributed by atoms with Crippen LogP contribution in [0.5, 0.6) is 0 Å². The third kappa shape index (κ3) is 61.1. The van der Waals surface area contributed by atoms with E-state index in [4.69, 9.17) is 0 Å². The highest BCUT2D eigenvalue weighted by molar-refractivity contribution is 5.76. The fourth-order valence-corrected chi connectivity index (χ4v) is 10.5. The topological polar surface area (TPSA) is 69.6 Å². The lowest BCUT2D eigenvalue weighted by atomic mass is 10.0. The van der Waals surface area contributed by atoms with Gasteiger partial charge in [-0.3, -0.25) is 4.79 Å². The van der Waals surface area contributed by atoms with Gasteiger partial charge in [-0.05, 0) is 64.2 Å². The number of carbonyl (C=O) groups excluding carboxylic acids is 1. The van der Waals surface area contributed by atoms with Crippen molar-refractivity contribution in [1.29, 1.82) is 0 Å². The SMILES string of the molecule is CCCCCCC/C=C\C/C=C\CCCCCCCCCCCCCCCCCCCCCCCCCCCCCCCC(=O)NC(CO)C(O)/C=C/CC/C=C/CCCCCCCCCCCCCCCC. The molecule has 1 amide bonds. The van der Waals surface area contributed by atoms with Crippen LogP contribution in [0.15, 0.2) is 48.6 Å². The van der Waals surface area contributed by atoms with Gasteiger partial charge in [-0.25, -0.2) is 0 Å². The molecule has 0 radical (unpaired) electrons. The Morgan fingerprint density at radius 2 is 0.575 bits per heavy atom. The first-order chi connectivity index (χ1) is 36.2. The van der Waals surface area contributed by atoms with Crippen molar-refractivity contribution in [1.82, 2.24) is 5.32 Å². The largest absolute Gasteiger partial charge is 0.394 e. The maximum atomic E-state index is 12.5. The van der Waals surface area contributed by atoms with Crippen LogP contribution in [0, 0.1) is 0 Å². The molecular weight excluding hydrogens is 891 g/mol. The number of allylic oxidation sites excluding steroid dienone is 7. The molecule has 0 saturated carbocycles. The van der Waals surface area contributed by atoms with E-state index in [0.29, 0.717) is 6.42 Å². The van der Waals surface area contributed by atoms with Crippen LogP contribution in [-0.2, 0) is 4.79 Å². The van der Waals surface area contributed by atoms with Crippen molar-refractivity contribution in [2.45, 2.75) is 379 Å². The zero-order valence-electron chi connectivity index (χ0n) is 49.7. The molecule has 0 heterocycles. The minimum Gasteiger partial charge on any atom is -0.394 e. The second-order valence-corrected chi connectivity index (χ2v) is 22.9. The van der Waals surface area contributed by atoms with Crippen LogP contribution in [0.25, 0.3) is 0 Å². The van der Waals surface area contributed by atoms with Crippen molar-refractivity contribution in [3.8, 4) is 0 Å². The van der Waals surface area contributed by atoms with Crippen molar-refractivity contribution in [3.63, 3.8) is 0 Å². The summed E-state index contributed by atoms with van der Waals surface area (Å²) >= 11 is 0. The maximum Gasteiger partial charge on any atom is 0.220 e. The number of amides is 1. The second kappa shape index (κ2) is 64.6. The summed E-state index contributed by atoms with van der Waals surface area (Å²) in [6.45, 7) is 4.32. The predicted molar refractivity (Wildman–Crippen MR) is 327 cm³/mol. The van der Waals surface area contributed by atoms with E-state index >= 15 is 0 Å². The van der Waals surface area contributed by atoms with Crippen molar-refractivity contribution >= 4 is 5.91 Å². The van der Waals surface area contributed by atoms with E-state index < -0.39 is 12.1 Å². The lowest BCUT2D eigenvalue weighted by Crippen LogP contribution is -2.45. The number of rotatable bonds is 62. The van der Waals surface area contributed by atoms with Crippen molar-refractivity contribution in [3.05, 3.63) is 48.6 Å². The quantitative estimate of drug-likeness (QED) is 0.0420. The van der Waals surface area contributed by atoms with Crippen LogP contribution in [0.3, 0.4) is 0 Å². The minimum atomic E-state index is -0.862. The number of hydrogen-bond acceptors (Lipinski definition) is 3. The second-order valence-electron chi connectivity index (χ2n) is 22.9. The molecule has 430 valence electrons. The molecule has 3 N–H and O–H groups in total.